The van der Waals surface area contributed by atoms with Crippen molar-refractivity contribution in [2.45, 2.75) is 31.6 Å². The van der Waals surface area contributed by atoms with E-state index in [1.165, 1.54) is 0 Å². The van der Waals surface area contributed by atoms with Crippen molar-refractivity contribution < 1.29 is 5.11 Å². The maximum atomic E-state index is 9.76. The molecule has 1 rings (SSSR count). The Labute approximate surface area is 95.1 Å². The molecule has 0 bridgehead atoms. The quantitative estimate of drug-likeness (QED) is 0.802. The molecule has 3 N–H and O–H groups in total. The van der Waals surface area contributed by atoms with Crippen LogP contribution in [-0.2, 0) is 6.42 Å². The van der Waals surface area contributed by atoms with Crippen LogP contribution < -0.4 is 5.73 Å². The standard InChI is InChI=1S/C11H18N2OS/c1-8(2)15-7-10(14)5-9-3-4-13-11(12)6-9/h3-4,6,8,10,14H,5,7H2,1-2H3,(H2,12,13). The second-order valence-corrected chi connectivity index (χ2v) is 5.44. The van der Waals surface area contributed by atoms with Crippen molar-refractivity contribution in [1.29, 1.82) is 0 Å². The van der Waals surface area contributed by atoms with Crippen molar-refractivity contribution in [3.8, 4) is 0 Å². The zero-order chi connectivity index (χ0) is 11.3. The minimum atomic E-state index is -0.306. The summed E-state index contributed by atoms with van der Waals surface area (Å²) in [6.07, 6.45) is 2.01. The van der Waals surface area contributed by atoms with E-state index in [-0.39, 0.29) is 6.10 Å². The lowest BCUT2D eigenvalue weighted by Gasteiger charge is -2.12. The first-order chi connectivity index (χ1) is 7.08. The highest BCUT2D eigenvalue weighted by Gasteiger charge is 2.07. The minimum Gasteiger partial charge on any atom is -0.392 e. The predicted molar refractivity (Wildman–Crippen MR) is 66.0 cm³/mol. The Morgan fingerprint density at radius 1 is 1.53 bits per heavy atom. The van der Waals surface area contributed by atoms with Gasteiger partial charge in [0.15, 0.2) is 0 Å². The summed E-state index contributed by atoms with van der Waals surface area (Å²) in [4.78, 5) is 3.91. The van der Waals surface area contributed by atoms with E-state index in [9.17, 15) is 5.11 Å². The van der Waals surface area contributed by atoms with Crippen molar-refractivity contribution in [1.82, 2.24) is 4.98 Å². The van der Waals surface area contributed by atoms with Gasteiger partial charge in [-0.05, 0) is 29.4 Å². The number of nitrogen functional groups attached to an aromatic ring is 1. The molecule has 0 radical (unpaired) electrons. The van der Waals surface area contributed by atoms with Gasteiger partial charge in [-0.1, -0.05) is 13.8 Å². The lowest BCUT2D eigenvalue weighted by atomic mass is 10.1. The summed E-state index contributed by atoms with van der Waals surface area (Å²) >= 11 is 1.77. The topological polar surface area (TPSA) is 59.1 Å². The highest BCUT2D eigenvalue weighted by molar-refractivity contribution is 7.99. The Kier molecular flexibility index (Phi) is 4.91. The number of nitrogens with two attached hydrogens (primary N) is 1. The van der Waals surface area contributed by atoms with Gasteiger partial charge in [0.05, 0.1) is 6.10 Å². The van der Waals surface area contributed by atoms with Crippen LogP contribution >= 0.6 is 11.8 Å². The number of rotatable bonds is 5. The van der Waals surface area contributed by atoms with Crippen LogP contribution in [0.25, 0.3) is 0 Å². The van der Waals surface area contributed by atoms with Gasteiger partial charge in [0.25, 0.3) is 0 Å². The molecule has 0 fully saturated rings. The predicted octanol–water partition coefficient (Wildman–Crippen LogP) is 1.71. The molecule has 3 nitrogen and oxygen atoms in total. The monoisotopic (exact) mass is 226 g/mol. The van der Waals surface area contributed by atoms with Gasteiger partial charge in [0, 0.05) is 11.9 Å². The van der Waals surface area contributed by atoms with Gasteiger partial charge in [-0.3, -0.25) is 0 Å². The highest BCUT2D eigenvalue weighted by Crippen LogP contribution is 2.14. The number of aromatic nitrogens is 1. The summed E-state index contributed by atoms with van der Waals surface area (Å²) in [5, 5.41) is 10.3. The molecule has 0 aliphatic heterocycles. The molecular formula is C11H18N2OS. The fourth-order valence-electron chi connectivity index (χ4n) is 1.26. The van der Waals surface area contributed by atoms with E-state index in [1.807, 2.05) is 12.1 Å². The third kappa shape index (κ3) is 5.04. The van der Waals surface area contributed by atoms with Gasteiger partial charge in [0.1, 0.15) is 5.82 Å². The fraction of sp³-hybridized carbons (Fsp3) is 0.545. The Bertz CT molecular complexity index is 304. The molecule has 0 aromatic carbocycles. The number of hydrogen-bond donors (Lipinski definition) is 2. The third-order valence-corrected chi connectivity index (χ3v) is 3.18. The first-order valence-corrected chi connectivity index (χ1v) is 6.13. The van der Waals surface area contributed by atoms with E-state index in [1.54, 1.807) is 18.0 Å². The second-order valence-electron chi connectivity index (χ2n) is 3.83. The average Bonchev–Trinajstić information content (AvgIpc) is 2.15. The number of pyridine rings is 1. The van der Waals surface area contributed by atoms with Crippen molar-refractivity contribution in [2.24, 2.45) is 0 Å². The fourth-order valence-corrected chi connectivity index (χ4v) is 1.98. The molecular weight excluding hydrogens is 208 g/mol. The molecule has 0 saturated carbocycles. The smallest absolute Gasteiger partial charge is 0.123 e. The molecule has 1 unspecified atom stereocenters. The Hall–Kier alpha value is -0.740. The van der Waals surface area contributed by atoms with Crippen molar-refractivity contribution in [3.05, 3.63) is 23.9 Å². The molecule has 15 heavy (non-hydrogen) atoms. The molecule has 0 aliphatic carbocycles. The third-order valence-electron chi connectivity index (χ3n) is 1.94. The number of aliphatic hydroxyl groups excluding tert-OH is 1. The maximum Gasteiger partial charge on any atom is 0.123 e. The highest BCUT2D eigenvalue weighted by atomic mass is 32.2. The molecule has 0 spiro atoms. The lowest BCUT2D eigenvalue weighted by molar-refractivity contribution is 0.200. The van der Waals surface area contributed by atoms with Crippen molar-refractivity contribution >= 4 is 17.6 Å². The van der Waals surface area contributed by atoms with E-state index >= 15 is 0 Å². The first-order valence-electron chi connectivity index (χ1n) is 5.08. The number of hydrogen-bond acceptors (Lipinski definition) is 4. The first kappa shape index (κ1) is 12.3. The van der Waals surface area contributed by atoms with E-state index in [0.29, 0.717) is 17.5 Å². The molecule has 0 aliphatic rings. The zero-order valence-corrected chi connectivity index (χ0v) is 10.00. The summed E-state index contributed by atoms with van der Waals surface area (Å²) in [6, 6.07) is 3.70. The molecule has 1 aromatic heterocycles. The summed E-state index contributed by atoms with van der Waals surface area (Å²) in [5.41, 5.74) is 6.60. The summed E-state index contributed by atoms with van der Waals surface area (Å²) in [7, 11) is 0. The van der Waals surface area contributed by atoms with Gasteiger partial charge in [0.2, 0.25) is 0 Å². The van der Waals surface area contributed by atoms with Crippen LogP contribution in [0.4, 0.5) is 5.82 Å². The van der Waals surface area contributed by atoms with Crippen molar-refractivity contribution in [3.63, 3.8) is 0 Å². The van der Waals surface area contributed by atoms with Crippen LogP contribution in [0.3, 0.4) is 0 Å². The van der Waals surface area contributed by atoms with Crippen molar-refractivity contribution in [2.75, 3.05) is 11.5 Å². The molecule has 4 heteroatoms. The lowest BCUT2D eigenvalue weighted by Crippen LogP contribution is -2.15. The number of anilines is 1. The van der Waals surface area contributed by atoms with Crippen LogP contribution in [0.15, 0.2) is 18.3 Å². The maximum absolute atomic E-state index is 9.76. The molecule has 0 amide bonds. The van der Waals surface area contributed by atoms with Gasteiger partial charge in [-0.25, -0.2) is 4.98 Å². The number of nitrogens with zero attached hydrogens (tertiary/aromatic N) is 1. The Morgan fingerprint density at radius 2 is 2.27 bits per heavy atom. The van der Waals surface area contributed by atoms with Crippen LogP contribution in [0.1, 0.15) is 19.4 Å². The van der Waals surface area contributed by atoms with Crippen LogP contribution in [-0.4, -0.2) is 27.2 Å². The van der Waals surface area contributed by atoms with Crippen LogP contribution in [0.5, 0.6) is 0 Å². The summed E-state index contributed by atoms with van der Waals surface area (Å²) < 4.78 is 0. The Morgan fingerprint density at radius 3 is 2.87 bits per heavy atom. The molecule has 1 aromatic rings. The van der Waals surface area contributed by atoms with Gasteiger partial charge < -0.3 is 10.8 Å². The van der Waals surface area contributed by atoms with Crippen LogP contribution in [0.2, 0.25) is 0 Å². The number of aliphatic hydroxyl groups is 1. The summed E-state index contributed by atoms with van der Waals surface area (Å²) in [6.45, 7) is 4.25. The molecule has 0 saturated heterocycles. The van der Waals surface area contributed by atoms with E-state index in [0.717, 1.165) is 11.3 Å². The zero-order valence-electron chi connectivity index (χ0n) is 9.18. The van der Waals surface area contributed by atoms with E-state index < -0.39 is 0 Å². The summed E-state index contributed by atoms with van der Waals surface area (Å²) in [5.74, 6) is 1.27. The minimum absolute atomic E-state index is 0.306. The number of thioether (sulfide) groups is 1. The second kappa shape index (κ2) is 5.98. The van der Waals surface area contributed by atoms with Crippen LogP contribution in [0, 0.1) is 0 Å². The Balaban J connectivity index is 2.40. The molecule has 84 valence electrons. The largest absolute Gasteiger partial charge is 0.392 e. The van der Waals surface area contributed by atoms with Gasteiger partial charge in [-0.15, -0.1) is 0 Å². The molecule has 1 heterocycles. The molecule has 1 atom stereocenters. The SMILES string of the molecule is CC(C)SCC(O)Cc1ccnc(N)c1. The van der Waals surface area contributed by atoms with E-state index in [4.69, 9.17) is 5.73 Å². The van der Waals surface area contributed by atoms with Gasteiger partial charge >= 0.3 is 0 Å². The normalized spacial score (nSPS) is 13.1. The average molecular weight is 226 g/mol. The van der Waals surface area contributed by atoms with E-state index in [2.05, 4.69) is 18.8 Å². The van der Waals surface area contributed by atoms with Gasteiger partial charge in [-0.2, -0.15) is 11.8 Å².